The lowest BCUT2D eigenvalue weighted by molar-refractivity contribution is -0.126. The van der Waals surface area contributed by atoms with Crippen LogP contribution in [0.4, 0.5) is 5.13 Å². The van der Waals surface area contributed by atoms with E-state index in [1.165, 1.54) is 16.9 Å². The third-order valence-electron chi connectivity index (χ3n) is 3.33. The molecule has 1 atom stereocenters. The third kappa shape index (κ3) is 4.25. The van der Waals surface area contributed by atoms with Crippen LogP contribution in [-0.2, 0) is 16.0 Å². The van der Waals surface area contributed by atoms with Gasteiger partial charge in [0.15, 0.2) is 5.13 Å². The number of unbranched alkanes of at least 4 members (excludes halogenated alkanes) is 1. The Kier molecular flexibility index (Phi) is 5.70. The molecule has 0 aliphatic heterocycles. The van der Waals surface area contributed by atoms with Gasteiger partial charge in [-0.15, -0.1) is 0 Å². The van der Waals surface area contributed by atoms with Crippen molar-refractivity contribution in [1.29, 1.82) is 0 Å². The Morgan fingerprint density at radius 2 is 2.24 bits per heavy atom. The zero-order valence-electron chi connectivity index (χ0n) is 12.8. The van der Waals surface area contributed by atoms with Crippen LogP contribution in [-0.4, -0.2) is 23.6 Å². The molecule has 0 unspecified atom stereocenters. The standard InChI is InChI=1S/C16H22N2O2S/c1-4-6-9-20-11(3)15(19)18-16-17-13-8-7-12(5-2)10-14(13)21-16/h7-8,10-11H,4-6,9H2,1-3H3,(H,17,18,19)/t11-/m1/s1. The van der Waals surface area contributed by atoms with Crippen LogP contribution in [0.5, 0.6) is 0 Å². The number of anilines is 1. The molecule has 0 saturated carbocycles. The van der Waals surface area contributed by atoms with Gasteiger partial charge in [-0.1, -0.05) is 37.7 Å². The first kappa shape index (κ1) is 15.9. The molecule has 4 nitrogen and oxygen atoms in total. The number of thiazole rings is 1. The van der Waals surface area contributed by atoms with E-state index in [1.54, 1.807) is 6.92 Å². The van der Waals surface area contributed by atoms with Crippen molar-refractivity contribution in [2.75, 3.05) is 11.9 Å². The van der Waals surface area contributed by atoms with Gasteiger partial charge in [-0.3, -0.25) is 10.1 Å². The van der Waals surface area contributed by atoms with Gasteiger partial charge in [0.25, 0.3) is 5.91 Å². The summed E-state index contributed by atoms with van der Waals surface area (Å²) in [6.45, 7) is 6.61. The van der Waals surface area contributed by atoms with Crippen LogP contribution < -0.4 is 5.32 Å². The second-order valence-corrected chi connectivity index (χ2v) is 6.06. The molecular weight excluding hydrogens is 284 g/mol. The molecule has 1 amide bonds. The molecule has 1 heterocycles. The van der Waals surface area contributed by atoms with Gasteiger partial charge in [0.05, 0.1) is 10.2 Å². The van der Waals surface area contributed by atoms with Crippen LogP contribution >= 0.6 is 11.3 Å². The topological polar surface area (TPSA) is 51.2 Å². The fraction of sp³-hybridized carbons (Fsp3) is 0.500. The highest BCUT2D eigenvalue weighted by Crippen LogP contribution is 2.27. The summed E-state index contributed by atoms with van der Waals surface area (Å²) in [5, 5.41) is 3.47. The highest BCUT2D eigenvalue weighted by molar-refractivity contribution is 7.22. The van der Waals surface area contributed by atoms with Crippen LogP contribution in [0.15, 0.2) is 18.2 Å². The monoisotopic (exact) mass is 306 g/mol. The Balaban J connectivity index is 2.00. The Morgan fingerprint density at radius 3 is 2.95 bits per heavy atom. The van der Waals surface area contributed by atoms with Crippen molar-refractivity contribution in [2.45, 2.75) is 46.1 Å². The summed E-state index contributed by atoms with van der Waals surface area (Å²) in [7, 11) is 0. The number of nitrogens with zero attached hydrogens (tertiary/aromatic N) is 1. The van der Waals surface area contributed by atoms with E-state index >= 15 is 0 Å². The molecule has 21 heavy (non-hydrogen) atoms. The van der Waals surface area contributed by atoms with E-state index in [4.69, 9.17) is 4.74 Å². The van der Waals surface area contributed by atoms with E-state index in [2.05, 4.69) is 36.3 Å². The SMILES string of the molecule is CCCCO[C@H](C)C(=O)Nc1nc2ccc(CC)cc2s1. The molecule has 0 aliphatic carbocycles. The Labute approximate surface area is 129 Å². The summed E-state index contributed by atoms with van der Waals surface area (Å²) in [5.74, 6) is -0.138. The molecular formula is C16H22N2O2S. The van der Waals surface area contributed by atoms with Crippen molar-refractivity contribution in [1.82, 2.24) is 4.98 Å². The Hall–Kier alpha value is -1.46. The molecule has 2 aromatic rings. The van der Waals surface area contributed by atoms with Gasteiger partial charge in [0.1, 0.15) is 6.10 Å². The summed E-state index contributed by atoms with van der Waals surface area (Å²) >= 11 is 1.50. The first-order valence-electron chi connectivity index (χ1n) is 7.46. The number of carbonyl (C=O) groups excluding carboxylic acids is 1. The van der Waals surface area contributed by atoms with Crippen LogP contribution in [0.1, 0.15) is 39.2 Å². The van der Waals surface area contributed by atoms with Crippen molar-refractivity contribution in [3.05, 3.63) is 23.8 Å². The number of nitrogens with one attached hydrogen (secondary N) is 1. The number of aryl methyl sites for hydroxylation is 1. The Bertz CT molecular complexity index is 609. The smallest absolute Gasteiger partial charge is 0.254 e. The zero-order chi connectivity index (χ0) is 15.2. The van der Waals surface area contributed by atoms with E-state index in [9.17, 15) is 4.79 Å². The van der Waals surface area contributed by atoms with E-state index < -0.39 is 6.10 Å². The number of ether oxygens (including phenoxy) is 1. The maximum Gasteiger partial charge on any atom is 0.254 e. The second-order valence-electron chi connectivity index (χ2n) is 5.03. The second kappa shape index (κ2) is 7.52. The predicted octanol–water partition coefficient (Wildman–Crippen LogP) is 4.00. The maximum absolute atomic E-state index is 12.0. The Morgan fingerprint density at radius 1 is 1.43 bits per heavy atom. The first-order valence-corrected chi connectivity index (χ1v) is 8.27. The molecule has 1 aromatic heterocycles. The third-order valence-corrected chi connectivity index (χ3v) is 4.26. The quantitative estimate of drug-likeness (QED) is 0.787. The van der Waals surface area contributed by atoms with Crippen LogP contribution in [0.3, 0.4) is 0 Å². The number of amides is 1. The molecule has 1 aromatic carbocycles. The van der Waals surface area contributed by atoms with Gasteiger partial charge in [-0.05, 0) is 37.5 Å². The molecule has 0 bridgehead atoms. The minimum Gasteiger partial charge on any atom is -0.369 e. The number of aromatic nitrogens is 1. The molecule has 5 heteroatoms. The summed E-state index contributed by atoms with van der Waals surface area (Å²) in [6.07, 6.45) is 2.58. The van der Waals surface area contributed by atoms with Crippen molar-refractivity contribution in [3.8, 4) is 0 Å². The molecule has 2 rings (SSSR count). The van der Waals surface area contributed by atoms with E-state index in [0.717, 1.165) is 29.5 Å². The number of hydrogen-bond donors (Lipinski definition) is 1. The normalized spacial score (nSPS) is 12.5. The average molecular weight is 306 g/mol. The lowest BCUT2D eigenvalue weighted by Crippen LogP contribution is -2.27. The van der Waals surface area contributed by atoms with Gasteiger partial charge >= 0.3 is 0 Å². The van der Waals surface area contributed by atoms with Crippen molar-refractivity contribution in [3.63, 3.8) is 0 Å². The minimum absolute atomic E-state index is 0.138. The van der Waals surface area contributed by atoms with Crippen LogP contribution in [0.2, 0.25) is 0 Å². The van der Waals surface area contributed by atoms with Crippen LogP contribution in [0, 0.1) is 0 Å². The van der Waals surface area contributed by atoms with Crippen molar-refractivity contribution < 1.29 is 9.53 Å². The zero-order valence-corrected chi connectivity index (χ0v) is 13.6. The van der Waals surface area contributed by atoms with Gasteiger partial charge in [-0.2, -0.15) is 0 Å². The number of rotatable bonds is 7. The van der Waals surface area contributed by atoms with Gasteiger partial charge in [0.2, 0.25) is 0 Å². The molecule has 114 valence electrons. The molecule has 0 spiro atoms. The first-order chi connectivity index (χ1) is 10.1. The molecule has 0 aliphatic rings. The average Bonchev–Trinajstić information content (AvgIpc) is 2.88. The van der Waals surface area contributed by atoms with Crippen molar-refractivity contribution in [2.24, 2.45) is 0 Å². The highest BCUT2D eigenvalue weighted by atomic mass is 32.1. The van der Waals surface area contributed by atoms with Gasteiger partial charge in [0, 0.05) is 6.61 Å². The predicted molar refractivity (Wildman–Crippen MR) is 87.9 cm³/mol. The van der Waals surface area contributed by atoms with E-state index in [1.807, 2.05) is 6.07 Å². The maximum atomic E-state index is 12.0. The molecule has 0 fully saturated rings. The fourth-order valence-corrected chi connectivity index (χ4v) is 2.86. The largest absolute Gasteiger partial charge is 0.369 e. The molecule has 1 N–H and O–H groups in total. The van der Waals surface area contributed by atoms with Crippen LogP contribution in [0.25, 0.3) is 10.2 Å². The fourth-order valence-electron chi connectivity index (χ4n) is 1.93. The van der Waals surface area contributed by atoms with Gasteiger partial charge in [-0.25, -0.2) is 4.98 Å². The lowest BCUT2D eigenvalue weighted by Gasteiger charge is -2.11. The molecule has 0 radical (unpaired) electrons. The highest BCUT2D eigenvalue weighted by Gasteiger charge is 2.15. The minimum atomic E-state index is -0.449. The summed E-state index contributed by atoms with van der Waals surface area (Å²) in [6, 6.07) is 6.20. The van der Waals surface area contributed by atoms with Gasteiger partial charge < -0.3 is 4.74 Å². The number of carbonyl (C=O) groups is 1. The number of benzene rings is 1. The summed E-state index contributed by atoms with van der Waals surface area (Å²) < 4.78 is 6.59. The molecule has 0 saturated heterocycles. The van der Waals surface area contributed by atoms with E-state index in [-0.39, 0.29) is 5.91 Å². The van der Waals surface area contributed by atoms with Crippen molar-refractivity contribution >= 4 is 32.6 Å². The number of fused-ring (bicyclic) bond motifs is 1. The summed E-state index contributed by atoms with van der Waals surface area (Å²) in [4.78, 5) is 16.5. The lowest BCUT2D eigenvalue weighted by atomic mass is 10.2. The van der Waals surface area contributed by atoms with E-state index in [0.29, 0.717) is 11.7 Å². The summed E-state index contributed by atoms with van der Waals surface area (Å²) in [5.41, 5.74) is 2.20. The number of hydrogen-bond acceptors (Lipinski definition) is 4.